The second kappa shape index (κ2) is 7.77. The summed E-state index contributed by atoms with van der Waals surface area (Å²) < 4.78 is 81.3. The maximum absolute atomic E-state index is 13.5. The number of hydrogen-bond acceptors (Lipinski definition) is 3. The number of para-hydroxylation sites is 1. The van der Waals surface area contributed by atoms with Crippen molar-refractivity contribution in [3.63, 3.8) is 0 Å². The first-order valence-corrected chi connectivity index (χ1v) is 8.05. The Hall–Kier alpha value is -2.27. The van der Waals surface area contributed by atoms with Crippen LogP contribution >= 0.6 is 15.9 Å². The van der Waals surface area contributed by atoms with Gasteiger partial charge >= 0.3 is 18.0 Å². The van der Waals surface area contributed by atoms with Gasteiger partial charge in [-0.1, -0.05) is 34.1 Å². The highest BCUT2D eigenvalue weighted by Gasteiger charge is 2.72. The van der Waals surface area contributed by atoms with Crippen molar-refractivity contribution in [2.24, 2.45) is 0 Å². The molecule has 0 bridgehead atoms. The Labute approximate surface area is 158 Å². The molecule has 0 aliphatic heterocycles. The fraction of sp³-hybridized carbons (Fsp3) is 0.188. The molecule has 0 atom stereocenters. The summed E-state index contributed by atoms with van der Waals surface area (Å²) in [5.74, 6) is -1.56. The number of benzene rings is 2. The third-order valence-corrected chi connectivity index (χ3v) is 3.95. The number of nitrogens with one attached hydrogen (secondary N) is 3. The predicted octanol–water partition coefficient (Wildman–Crippen LogP) is 4.62. The first-order chi connectivity index (χ1) is 12.5. The van der Waals surface area contributed by atoms with E-state index in [0.29, 0.717) is 4.47 Å². The van der Waals surface area contributed by atoms with E-state index in [1.807, 2.05) is 5.43 Å². The van der Waals surface area contributed by atoms with Gasteiger partial charge in [0.25, 0.3) is 5.91 Å². The first kappa shape index (κ1) is 21.0. The van der Waals surface area contributed by atoms with Crippen LogP contribution in [0.3, 0.4) is 0 Å². The summed E-state index contributed by atoms with van der Waals surface area (Å²) in [6, 6.07) is 11.6. The molecule has 0 aromatic heterocycles. The zero-order valence-corrected chi connectivity index (χ0v) is 14.8. The third-order valence-electron chi connectivity index (χ3n) is 3.43. The molecule has 0 aliphatic carbocycles. The lowest BCUT2D eigenvalue weighted by Gasteiger charge is -2.38. The van der Waals surface area contributed by atoms with E-state index in [4.69, 9.17) is 0 Å². The number of amides is 1. The lowest BCUT2D eigenvalue weighted by Crippen LogP contribution is -2.76. The van der Waals surface area contributed by atoms with Gasteiger partial charge in [0.15, 0.2) is 0 Å². The van der Waals surface area contributed by atoms with Gasteiger partial charge in [-0.2, -0.15) is 31.8 Å². The first-order valence-electron chi connectivity index (χ1n) is 7.26. The number of carbonyl (C=O) groups excluding carboxylic acids is 1. The van der Waals surface area contributed by atoms with Gasteiger partial charge in [-0.3, -0.25) is 4.79 Å². The molecule has 0 saturated heterocycles. The summed E-state index contributed by atoms with van der Waals surface area (Å²) in [6.45, 7) is 0. The van der Waals surface area contributed by atoms with Crippen molar-refractivity contribution in [2.45, 2.75) is 18.0 Å². The molecule has 0 spiro atoms. The Morgan fingerprint density at radius 1 is 0.815 bits per heavy atom. The van der Waals surface area contributed by atoms with Gasteiger partial charge in [-0.05, 0) is 36.4 Å². The lowest BCUT2D eigenvalue weighted by atomic mass is 10.1. The summed E-state index contributed by atoms with van der Waals surface area (Å²) in [5.41, 5.74) is -2.11. The molecule has 27 heavy (non-hydrogen) atoms. The van der Waals surface area contributed by atoms with Crippen molar-refractivity contribution in [3.8, 4) is 0 Å². The molecule has 3 N–H and O–H groups in total. The summed E-state index contributed by atoms with van der Waals surface area (Å²) >= 11 is 3.06. The molecule has 0 radical (unpaired) electrons. The van der Waals surface area contributed by atoms with Gasteiger partial charge < -0.3 is 10.7 Å². The minimum Gasteiger partial charge on any atom is -0.319 e. The quantitative estimate of drug-likeness (QED) is 0.350. The molecule has 0 aliphatic rings. The second-order valence-corrected chi connectivity index (χ2v) is 6.24. The van der Waals surface area contributed by atoms with Crippen molar-refractivity contribution < 1.29 is 31.1 Å². The van der Waals surface area contributed by atoms with E-state index in [9.17, 15) is 31.1 Å². The van der Waals surface area contributed by atoms with Gasteiger partial charge in [0.05, 0.1) is 0 Å². The minimum atomic E-state index is -5.90. The van der Waals surface area contributed by atoms with Crippen LogP contribution in [0.1, 0.15) is 10.4 Å². The third kappa shape index (κ3) is 4.72. The normalized spacial score (nSPS) is 12.6. The fourth-order valence-electron chi connectivity index (χ4n) is 2.01. The number of hydrogen-bond donors (Lipinski definition) is 3. The van der Waals surface area contributed by atoms with Gasteiger partial charge in [0.1, 0.15) is 0 Å². The summed E-state index contributed by atoms with van der Waals surface area (Å²) in [4.78, 5) is 12.1. The molecule has 146 valence electrons. The van der Waals surface area contributed by atoms with Crippen LogP contribution in [0.4, 0.5) is 32.0 Å². The number of halogens is 7. The van der Waals surface area contributed by atoms with Crippen LogP contribution < -0.4 is 16.2 Å². The van der Waals surface area contributed by atoms with Gasteiger partial charge in [0, 0.05) is 15.7 Å². The molecule has 2 rings (SSSR count). The maximum Gasteiger partial charge on any atom is 0.436 e. The smallest absolute Gasteiger partial charge is 0.319 e. The molecule has 0 heterocycles. The predicted molar refractivity (Wildman–Crippen MR) is 89.6 cm³/mol. The van der Waals surface area contributed by atoms with E-state index in [-0.39, 0.29) is 11.3 Å². The summed E-state index contributed by atoms with van der Waals surface area (Å²) in [7, 11) is 0. The molecule has 2 aromatic rings. The van der Waals surface area contributed by atoms with Gasteiger partial charge in [0.2, 0.25) is 0 Å². The molecule has 0 fully saturated rings. The van der Waals surface area contributed by atoms with Crippen molar-refractivity contribution in [1.82, 2.24) is 10.7 Å². The van der Waals surface area contributed by atoms with Crippen LogP contribution in [0, 0.1) is 0 Å². The fourth-order valence-corrected chi connectivity index (χ4v) is 2.27. The van der Waals surface area contributed by atoms with E-state index in [1.165, 1.54) is 47.9 Å². The van der Waals surface area contributed by atoms with Crippen molar-refractivity contribution in [3.05, 3.63) is 64.6 Å². The largest absolute Gasteiger partial charge is 0.436 e. The SMILES string of the molecule is O=C(NC(NNc1ccccc1)(C(F)(F)F)C(F)(F)F)c1ccc(Br)cc1. The Morgan fingerprint density at radius 2 is 1.33 bits per heavy atom. The molecular formula is C16H12BrF6N3O. The standard InChI is InChI=1S/C16H12BrF6N3O/c17-11-8-6-10(7-9-11)13(27)24-14(15(18,19)20,16(21,22)23)26-25-12-4-2-1-3-5-12/h1-9,25-26H,(H,24,27). The van der Waals surface area contributed by atoms with Crippen molar-refractivity contribution in [1.29, 1.82) is 0 Å². The Balaban J connectivity index is 2.38. The van der Waals surface area contributed by atoms with Crippen LogP contribution in [0.2, 0.25) is 0 Å². The van der Waals surface area contributed by atoms with Crippen LogP contribution in [-0.4, -0.2) is 23.9 Å². The number of alkyl halides is 6. The zero-order valence-electron chi connectivity index (χ0n) is 13.3. The Kier molecular flexibility index (Phi) is 6.05. The van der Waals surface area contributed by atoms with E-state index < -0.39 is 23.9 Å². The molecule has 0 saturated carbocycles. The van der Waals surface area contributed by atoms with Crippen LogP contribution in [-0.2, 0) is 0 Å². The Bertz CT molecular complexity index is 763. The number of anilines is 1. The van der Waals surface area contributed by atoms with E-state index >= 15 is 0 Å². The highest BCUT2D eigenvalue weighted by Crippen LogP contribution is 2.41. The van der Waals surface area contributed by atoms with Gasteiger partial charge in [-0.15, -0.1) is 0 Å². The lowest BCUT2D eigenvalue weighted by molar-refractivity contribution is -0.312. The average molecular weight is 456 g/mol. The zero-order chi connectivity index (χ0) is 20.3. The molecular weight excluding hydrogens is 444 g/mol. The number of hydrazine groups is 1. The molecule has 2 aromatic carbocycles. The van der Waals surface area contributed by atoms with Crippen LogP contribution in [0.15, 0.2) is 59.1 Å². The maximum atomic E-state index is 13.5. The second-order valence-electron chi connectivity index (χ2n) is 5.32. The summed E-state index contributed by atoms with van der Waals surface area (Å²) in [5, 5.41) is 1.04. The van der Waals surface area contributed by atoms with E-state index in [0.717, 1.165) is 17.4 Å². The molecule has 11 heteroatoms. The monoisotopic (exact) mass is 455 g/mol. The Morgan fingerprint density at radius 3 is 1.81 bits per heavy atom. The van der Waals surface area contributed by atoms with E-state index in [1.54, 1.807) is 0 Å². The van der Waals surface area contributed by atoms with Crippen molar-refractivity contribution >= 4 is 27.5 Å². The highest BCUT2D eigenvalue weighted by atomic mass is 79.9. The number of carbonyl (C=O) groups is 1. The number of rotatable bonds is 5. The van der Waals surface area contributed by atoms with Gasteiger partial charge in [-0.25, -0.2) is 0 Å². The van der Waals surface area contributed by atoms with E-state index in [2.05, 4.69) is 15.9 Å². The van der Waals surface area contributed by atoms with Crippen LogP contribution in [0.5, 0.6) is 0 Å². The average Bonchev–Trinajstić information content (AvgIpc) is 2.57. The minimum absolute atomic E-state index is 0.0618. The topological polar surface area (TPSA) is 53.2 Å². The van der Waals surface area contributed by atoms with Crippen LogP contribution in [0.25, 0.3) is 0 Å². The molecule has 4 nitrogen and oxygen atoms in total. The highest BCUT2D eigenvalue weighted by molar-refractivity contribution is 9.10. The summed E-state index contributed by atoms with van der Waals surface area (Å²) in [6.07, 6.45) is -11.8. The molecule has 0 unspecified atom stereocenters. The van der Waals surface area contributed by atoms with Crippen molar-refractivity contribution in [2.75, 3.05) is 5.43 Å². The molecule has 1 amide bonds.